The van der Waals surface area contributed by atoms with Crippen LogP contribution in [0.25, 0.3) is 0 Å². The van der Waals surface area contributed by atoms with Crippen LogP contribution in [0.4, 0.5) is 5.69 Å². The summed E-state index contributed by atoms with van der Waals surface area (Å²) in [5, 5.41) is 4.99. The van der Waals surface area contributed by atoms with Crippen LogP contribution in [0.5, 0.6) is 5.75 Å². The number of hydrogen-bond donors (Lipinski definition) is 0. The molecule has 2 saturated carbocycles. The van der Waals surface area contributed by atoms with E-state index in [-0.39, 0.29) is 47.5 Å². The molecule has 2 heterocycles. The van der Waals surface area contributed by atoms with Crippen LogP contribution in [0.2, 0.25) is 5.02 Å². The zero-order chi connectivity index (χ0) is 22.1. The second kappa shape index (κ2) is 6.90. The van der Waals surface area contributed by atoms with Crippen molar-refractivity contribution >= 4 is 40.8 Å². The molecule has 0 radical (unpaired) electrons. The Balaban J connectivity index is 1.29. The number of amides is 2. The number of ether oxygens (including phenoxy) is 1. The number of carbonyl (C=O) groups excluding carboxylic acids is 3. The van der Waals surface area contributed by atoms with Gasteiger partial charge in [0.05, 0.1) is 23.2 Å². The monoisotopic (exact) mass is 450 g/mol. The fraction of sp³-hybridized carbons (Fsp3) is 0.333. The van der Waals surface area contributed by atoms with Crippen molar-refractivity contribution in [2.45, 2.75) is 19.4 Å². The average Bonchev–Trinajstić information content (AvgIpc) is 3.50. The topological polar surface area (TPSA) is 85.3 Å². The van der Waals surface area contributed by atoms with Crippen molar-refractivity contribution in [1.82, 2.24) is 0 Å². The van der Waals surface area contributed by atoms with Crippen LogP contribution in [0, 0.1) is 29.6 Å². The minimum atomic E-state index is -0.429. The van der Waals surface area contributed by atoms with Crippen LogP contribution >= 0.6 is 11.6 Å². The first-order valence-electron chi connectivity index (χ1n) is 10.6. The maximum absolute atomic E-state index is 13.4. The third-order valence-electron chi connectivity index (χ3n) is 7.19. The summed E-state index contributed by atoms with van der Waals surface area (Å²) in [4.78, 5) is 45.0. The second-order valence-electron chi connectivity index (χ2n) is 8.79. The highest BCUT2D eigenvalue weighted by molar-refractivity contribution is 6.30. The highest BCUT2D eigenvalue weighted by atomic mass is 35.5. The zero-order valence-electron chi connectivity index (χ0n) is 17.1. The van der Waals surface area contributed by atoms with Gasteiger partial charge >= 0.3 is 5.97 Å². The van der Waals surface area contributed by atoms with Crippen molar-refractivity contribution in [3.8, 4) is 5.75 Å². The molecule has 7 nitrogen and oxygen atoms in total. The Morgan fingerprint density at radius 2 is 1.66 bits per heavy atom. The standard InChI is InChI=1S/C24H19ClN2O5/c1-11(28)31-15-8-6-14(7-9-15)27-23(29)18-16-10-17(19(18)24(27)30)22-20(16)21(26-32-22)12-2-4-13(25)5-3-12/h2-9,16-20,22H,10H2,1H3/t16-,17-,18+,19-,20-,22+/m1/s1. The number of anilines is 1. The highest BCUT2D eigenvalue weighted by Gasteiger charge is 2.70. The first kappa shape index (κ1) is 19.5. The molecular weight excluding hydrogens is 432 g/mol. The highest BCUT2D eigenvalue weighted by Crippen LogP contribution is 2.62. The van der Waals surface area contributed by atoms with Gasteiger partial charge in [-0.25, -0.2) is 0 Å². The number of hydrogen-bond acceptors (Lipinski definition) is 6. The predicted molar refractivity (Wildman–Crippen MR) is 115 cm³/mol. The van der Waals surface area contributed by atoms with E-state index in [2.05, 4.69) is 5.16 Å². The molecule has 6 atom stereocenters. The van der Waals surface area contributed by atoms with Gasteiger partial charge in [-0.15, -0.1) is 0 Å². The molecule has 2 aromatic carbocycles. The molecule has 3 fully saturated rings. The molecule has 2 bridgehead atoms. The molecule has 162 valence electrons. The van der Waals surface area contributed by atoms with Crippen molar-refractivity contribution in [2.24, 2.45) is 34.7 Å². The SMILES string of the molecule is CC(=O)Oc1ccc(N2C(=O)[C@@H]3[C@H]4C[C@@H]([C@@H]5C(c6ccc(Cl)cc6)=NO[C@@H]45)[C@@H]3C2=O)cc1. The lowest BCUT2D eigenvalue weighted by Crippen LogP contribution is -2.41. The molecule has 2 amide bonds. The number of halogens is 1. The fourth-order valence-electron chi connectivity index (χ4n) is 6.07. The molecule has 0 aromatic heterocycles. The summed E-state index contributed by atoms with van der Waals surface area (Å²) < 4.78 is 5.05. The minimum Gasteiger partial charge on any atom is -0.427 e. The first-order chi connectivity index (χ1) is 15.4. The van der Waals surface area contributed by atoms with Crippen molar-refractivity contribution in [3.63, 3.8) is 0 Å². The van der Waals surface area contributed by atoms with E-state index in [1.807, 2.05) is 24.3 Å². The number of imide groups is 1. The third-order valence-corrected chi connectivity index (χ3v) is 7.44. The molecule has 2 aliphatic heterocycles. The number of carbonyl (C=O) groups is 3. The number of esters is 1. The normalized spacial score (nSPS) is 31.9. The Labute approximate surface area is 188 Å². The van der Waals surface area contributed by atoms with Gasteiger partial charge in [-0.2, -0.15) is 0 Å². The van der Waals surface area contributed by atoms with Crippen LogP contribution in [0.15, 0.2) is 53.7 Å². The summed E-state index contributed by atoms with van der Waals surface area (Å²) in [5.41, 5.74) is 2.25. The van der Waals surface area contributed by atoms with Gasteiger partial charge in [0.15, 0.2) is 0 Å². The van der Waals surface area contributed by atoms with Crippen molar-refractivity contribution in [3.05, 3.63) is 59.1 Å². The number of benzene rings is 2. The zero-order valence-corrected chi connectivity index (χ0v) is 17.9. The van der Waals surface area contributed by atoms with E-state index in [0.29, 0.717) is 16.5 Å². The Kier molecular flexibility index (Phi) is 4.21. The quantitative estimate of drug-likeness (QED) is 0.406. The van der Waals surface area contributed by atoms with Crippen molar-refractivity contribution < 1.29 is 24.0 Å². The Morgan fingerprint density at radius 3 is 2.31 bits per heavy atom. The fourth-order valence-corrected chi connectivity index (χ4v) is 6.19. The largest absolute Gasteiger partial charge is 0.427 e. The Bertz CT molecular complexity index is 1180. The van der Waals surface area contributed by atoms with Gasteiger partial charge in [0.1, 0.15) is 11.9 Å². The molecule has 2 aromatic rings. The van der Waals surface area contributed by atoms with Crippen molar-refractivity contribution in [1.29, 1.82) is 0 Å². The smallest absolute Gasteiger partial charge is 0.308 e. The van der Waals surface area contributed by atoms with Gasteiger partial charge < -0.3 is 9.57 Å². The van der Waals surface area contributed by atoms with E-state index >= 15 is 0 Å². The molecule has 2 aliphatic carbocycles. The van der Waals surface area contributed by atoms with E-state index in [1.54, 1.807) is 24.3 Å². The van der Waals surface area contributed by atoms with E-state index in [9.17, 15) is 14.4 Å². The lowest BCUT2D eigenvalue weighted by atomic mass is 9.71. The molecule has 8 heteroatoms. The first-order valence-corrected chi connectivity index (χ1v) is 11.0. The van der Waals surface area contributed by atoms with Gasteiger partial charge in [0, 0.05) is 23.8 Å². The van der Waals surface area contributed by atoms with Crippen LogP contribution in [-0.2, 0) is 19.2 Å². The molecule has 6 rings (SSSR count). The Hall–Kier alpha value is -3.19. The third kappa shape index (κ3) is 2.67. The maximum Gasteiger partial charge on any atom is 0.308 e. The van der Waals surface area contributed by atoms with Gasteiger partial charge in [0.2, 0.25) is 11.8 Å². The molecule has 32 heavy (non-hydrogen) atoms. The van der Waals surface area contributed by atoms with E-state index < -0.39 is 5.97 Å². The van der Waals surface area contributed by atoms with Crippen LogP contribution in [-0.4, -0.2) is 29.6 Å². The minimum absolute atomic E-state index is 0.00805. The summed E-state index contributed by atoms with van der Waals surface area (Å²) in [6.07, 6.45) is 0.600. The second-order valence-corrected chi connectivity index (χ2v) is 9.23. The molecule has 4 aliphatic rings. The van der Waals surface area contributed by atoms with Gasteiger partial charge in [-0.3, -0.25) is 19.3 Å². The van der Waals surface area contributed by atoms with Gasteiger partial charge in [-0.1, -0.05) is 28.9 Å². The Morgan fingerprint density at radius 1 is 1.00 bits per heavy atom. The van der Waals surface area contributed by atoms with E-state index in [4.69, 9.17) is 21.2 Å². The summed E-state index contributed by atoms with van der Waals surface area (Å²) in [6, 6.07) is 13.9. The molecule has 0 spiro atoms. The molecule has 0 unspecified atom stereocenters. The van der Waals surface area contributed by atoms with Crippen LogP contribution in [0.1, 0.15) is 18.9 Å². The van der Waals surface area contributed by atoms with E-state index in [0.717, 1.165) is 17.7 Å². The van der Waals surface area contributed by atoms with Crippen LogP contribution in [0.3, 0.4) is 0 Å². The summed E-state index contributed by atoms with van der Waals surface area (Å²) in [5.74, 6) is -1.22. The lowest BCUT2D eigenvalue weighted by molar-refractivity contribution is -0.132. The predicted octanol–water partition coefficient (Wildman–Crippen LogP) is 3.44. The number of oxime groups is 1. The maximum atomic E-state index is 13.4. The molecule has 1 saturated heterocycles. The summed E-state index contributed by atoms with van der Waals surface area (Å²) in [6.45, 7) is 1.32. The number of fused-ring (bicyclic) bond motifs is 8. The van der Waals surface area contributed by atoms with Gasteiger partial charge in [-0.05, 0) is 54.3 Å². The number of nitrogens with zero attached hydrogens (tertiary/aromatic N) is 2. The summed E-state index contributed by atoms with van der Waals surface area (Å²) in [7, 11) is 0. The van der Waals surface area contributed by atoms with Crippen LogP contribution < -0.4 is 9.64 Å². The lowest BCUT2D eigenvalue weighted by Gasteiger charge is -2.29. The van der Waals surface area contributed by atoms with Crippen molar-refractivity contribution in [2.75, 3.05) is 4.90 Å². The van der Waals surface area contributed by atoms with Gasteiger partial charge in [0.25, 0.3) is 0 Å². The average molecular weight is 451 g/mol. The van der Waals surface area contributed by atoms with E-state index in [1.165, 1.54) is 11.8 Å². The molecular formula is C24H19ClN2O5. The number of rotatable bonds is 3. The molecule has 0 N–H and O–H groups in total. The summed E-state index contributed by atoms with van der Waals surface area (Å²) >= 11 is 6.03.